The van der Waals surface area contributed by atoms with Crippen LogP contribution in [-0.2, 0) is 4.79 Å². The summed E-state index contributed by atoms with van der Waals surface area (Å²) in [6.45, 7) is 8.21. The highest BCUT2D eigenvalue weighted by molar-refractivity contribution is 5.75. The minimum absolute atomic E-state index is 0.196. The molecule has 1 amide bonds. The van der Waals surface area contributed by atoms with Crippen molar-refractivity contribution in [2.75, 3.05) is 13.1 Å². The van der Waals surface area contributed by atoms with Gasteiger partial charge < -0.3 is 10.6 Å². The van der Waals surface area contributed by atoms with Crippen molar-refractivity contribution < 1.29 is 4.79 Å². The monoisotopic (exact) mass is 228 g/mol. The number of unbranched alkanes of at least 4 members (excludes halogenated alkanes) is 3. The molecule has 3 heteroatoms. The lowest BCUT2D eigenvalue weighted by molar-refractivity contribution is -0.121. The Morgan fingerprint density at radius 3 is 2.44 bits per heavy atom. The predicted octanol–water partition coefficient (Wildman–Crippen LogP) is 2.46. The topological polar surface area (TPSA) is 41.1 Å². The summed E-state index contributed by atoms with van der Waals surface area (Å²) in [7, 11) is 0. The fourth-order valence-corrected chi connectivity index (χ4v) is 1.51. The highest BCUT2D eigenvalue weighted by Gasteiger charge is 2.00. The van der Waals surface area contributed by atoms with Gasteiger partial charge in [0, 0.05) is 19.0 Å². The summed E-state index contributed by atoms with van der Waals surface area (Å²) in [5.41, 5.74) is 0. The van der Waals surface area contributed by atoms with Crippen LogP contribution in [0.25, 0.3) is 0 Å². The maximum absolute atomic E-state index is 11.4. The van der Waals surface area contributed by atoms with E-state index in [1.807, 2.05) is 0 Å². The average molecular weight is 228 g/mol. The molecule has 0 atom stereocenters. The molecule has 0 aromatic carbocycles. The molecule has 96 valence electrons. The fourth-order valence-electron chi connectivity index (χ4n) is 1.51. The van der Waals surface area contributed by atoms with Crippen LogP contribution in [0.2, 0.25) is 0 Å². The third kappa shape index (κ3) is 11.5. The summed E-state index contributed by atoms with van der Waals surface area (Å²) in [6.07, 6.45) is 6.44. The van der Waals surface area contributed by atoms with Crippen LogP contribution in [0, 0.1) is 0 Å². The Balaban J connectivity index is 3.18. The van der Waals surface area contributed by atoms with E-state index in [1.165, 1.54) is 19.3 Å². The van der Waals surface area contributed by atoms with Gasteiger partial charge in [-0.05, 0) is 19.4 Å². The molecule has 0 rings (SSSR count). The second-order valence-corrected chi connectivity index (χ2v) is 4.62. The highest BCUT2D eigenvalue weighted by atomic mass is 16.1. The van der Waals surface area contributed by atoms with Crippen LogP contribution in [0.1, 0.15) is 59.3 Å². The van der Waals surface area contributed by atoms with Crippen LogP contribution in [-0.4, -0.2) is 25.0 Å². The van der Waals surface area contributed by atoms with Crippen molar-refractivity contribution in [2.24, 2.45) is 0 Å². The van der Waals surface area contributed by atoms with E-state index in [0.29, 0.717) is 12.5 Å². The number of hydrogen-bond acceptors (Lipinski definition) is 2. The standard InChI is InChI=1S/C13H28N2O/c1-4-5-6-7-10-15-13(16)9-8-11-14-12(2)3/h12,14H,4-11H2,1-3H3,(H,15,16). The summed E-state index contributed by atoms with van der Waals surface area (Å²) in [5.74, 6) is 0.196. The number of nitrogens with one attached hydrogen (secondary N) is 2. The van der Waals surface area contributed by atoms with Crippen LogP contribution < -0.4 is 10.6 Å². The van der Waals surface area contributed by atoms with Crippen molar-refractivity contribution in [1.29, 1.82) is 0 Å². The molecular weight excluding hydrogens is 200 g/mol. The van der Waals surface area contributed by atoms with E-state index < -0.39 is 0 Å². The molecule has 0 aliphatic heterocycles. The van der Waals surface area contributed by atoms with Crippen molar-refractivity contribution in [2.45, 2.75) is 65.3 Å². The van der Waals surface area contributed by atoms with Gasteiger partial charge in [-0.15, -0.1) is 0 Å². The highest BCUT2D eigenvalue weighted by Crippen LogP contribution is 1.97. The molecule has 3 nitrogen and oxygen atoms in total. The number of carbonyl (C=O) groups is 1. The summed E-state index contributed by atoms with van der Waals surface area (Å²) in [6, 6.07) is 0.511. The first-order valence-electron chi connectivity index (χ1n) is 6.67. The SMILES string of the molecule is CCCCCCNC(=O)CCCNC(C)C. The van der Waals surface area contributed by atoms with Gasteiger partial charge in [0.05, 0.1) is 0 Å². The summed E-state index contributed by atoms with van der Waals surface area (Å²) >= 11 is 0. The molecule has 0 spiro atoms. The molecular formula is C13H28N2O. The van der Waals surface area contributed by atoms with Gasteiger partial charge in [0.2, 0.25) is 5.91 Å². The molecule has 16 heavy (non-hydrogen) atoms. The van der Waals surface area contributed by atoms with Crippen molar-refractivity contribution >= 4 is 5.91 Å². The van der Waals surface area contributed by atoms with Gasteiger partial charge in [-0.25, -0.2) is 0 Å². The maximum Gasteiger partial charge on any atom is 0.220 e. The van der Waals surface area contributed by atoms with Gasteiger partial charge in [0.15, 0.2) is 0 Å². The number of amides is 1. The molecule has 0 aliphatic rings. The van der Waals surface area contributed by atoms with E-state index in [2.05, 4.69) is 31.4 Å². The molecule has 0 unspecified atom stereocenters. The van der Waals surface area contributed by atoms with Crippen molar-refractivity contribution in [3.63, 3.8) is 0 Å². The quantitative estimate of drug-likeness (QED) is 0.564. The first-order chi connectivity index (χ1) is 7.66. The van der Waals surface area contributed by atoms with Gasteiger partial charge in [0.1, 0.15) is 0 Å². The van der Waals surface area contributed by atoms with E-state index in [0.717, 1.165) is 25.9 Å². The van der Waals surface area contributed by atoms with Gasteiger partial charge in [-0.2, -0.15) is 0 Å². The smallest absolute Gasteiger partial charge is 0.220 e. The van der Waals surface area contributed by atoms with Crippen LogP contribution in [0.3, 0.4) is 0 Å². The second kappa shape index (κ2) is 10.9. The Hall–Kier alpha value is -0.570. The first kappa shape index (κ1) is 15.4. The molecule has 0 fully saturated rings. The summed E-state index contributed by atoms with van der Waals surface area (Å²) in [5, 5.41) is 6.27. The third-order valence-corrected chi connectivity index (χ3v) is 2.49. The van der Waals surface area contributed by atoms with Gasteiger partial charge in [0.25, 0.3) is 0 Å². The second-order valence-electron chi connectivity index (χ2n) is 4.62. The minimum atomic E-state index is 0.196. The molecule has 0 aromatic rings. The molecule has 0 aliphatic carbocycles. The van der Waals surface area contributed by atoms with E-state index in [1.54, 1.807) is 0 Å². The van der Waals surface area contributed by atoms with Crippen molar-refractivity contribution in [3.05, 3.63) is 0 Å². The molecule has 2 N–H and O–H groups in total. The lowest BCUT2D eigenvalue weighted by Crippen LogP contribution is -2.27. The average Bonchev–Trinajstić information content (AvgIpc) is 2.24. The van der Waals surface area contributed by atoms with E-state index in [4.69, 9.17) is 0 Å². The number of hydrogen-bond donors (Lipinski definition) is 2. The van der Waals surface area contributed by atoms with Crippen molar-refractivity contribution in [3.8, 4) is 0 Å². The Bertz CT molecular complexity index is 169. The Morgan fingerprint density at radius 2 is 1.81 bits per heavy atom. The Kier molecular flexibility index (Phi) is 10.5. The molecule has 0 saturated heterocycles. The van der Waals surface area contributed by atoms with Gasteiger partial charge in [-0.3, -0.25) is 4.79 Å². The predicted molar refractivity (Wildman–Crippen MR) is 69.5 cm³/mol. The molecule has 0 radical (unpaired) electrons. The van der Waals surface area contributed by atoms with E-state index in [9.17, 15) is 4.79 Å². The Morgan fingerprint density at radius 1 is 1.06 bits per heavy atom. The molecule has 0 aromatic heterocycles. The molecule has 0 bridgehead atoms. The van der Waals surface area contributed by atoms with Gasteiger partial charge in [-0.1, -0.05) is 40.0 Å². The summed E-state index contributed by atoms with van der Waals surface area (Å²) < 4.78 is 0. The van der Waals surface area contributed by atoms with Crippen LogP contribution in [0.5, 0.6) is 0 Å². The zero-order valence-corrected chi connectivity index (χ0v) is 11.1. The summed E-state index contributed by atoms with van der Waals surface area (Å²) in [4.78, 5) is 11.4. The zero-order chi connectivity index (χ0) is 12.2. The fraction of sp³-hybridized carbons (Fsp3) is 0.923. The van der Waals surface area contributed by atoms with Crippen LogP contribution >= 0.6 is 0 Å². The lowest BCUT2D eigenvalue weighted by atomic mass is 10.2. The number of rotatable bonds is 10. The van der Waals surface area contributed by atoms with Crippen LogP contribution in [0.15, 0.2) is 0 Å². The first-order valence-corrected chi connectivity index (χ1v) is 6.67. The third-order valence-electron chi connectivity index (χ3n) is 2.49. The Labute approximate surface area is 100 Å². The van der Waals surface area contributed by atoms with E-state index >= 15 is 0 Å². The van der Waals surface area contributed by atoms with Crippen LogP contribution in [0.4, 0.5) is 0 Å². The largest absolute Gasteiger partial charge is 0.356 e. The minimum Gasteiger partial charge on any atom is -0.356 e. The maximum atomic E-state index is 11.4. The molecule has 0 saturated carbocycles. The van der Waals surface area contributed by atoms with Crippen molar-refractivity contribution in [1.82, 2.24) is 10.6 Å². The van der Waals surface area contributed by atoms with Gasteiger partial charge >= 0.3 is 0 Å². The number of carbonyl (C=O) groups excluding carboxylic acids is 1. The lowest BCUT2D eigenvalue weighted by Gasteiger charge is -2.08. The zero-order valence-electron chi connectivity index (χ0n) is 11.1. The van der Waals surface area contributed by atoms with E-state index in [-0.39, 0.29) is 5.91 Å². The molecule has 0 heterocycles. The normalized spacial score (nSPS) is 10.8.